The smallest absolute Gasteiger partial charge is 0.438 e. The van der Waals surface area contributed by atoms with Crippen LogP contribution in [-0.2, 0) is 25.6 Å². The first-order valence-electron chi connectivity index (χ1n) is 17.2. The number of esters is 1. The lowest BCUT2D eigenvalue weighted by Gasteiger charge is -2.31. The lowest BCUT2D eigenvalue weighted by atomic mass is 9.84. The number of carbonyl (C=O) groups is 2. The van der Waals surface area contributed by atoms with Gasteiger partial charge in [0, 0.05) is 42.3 Å². The van der Waals surface area contributed by atoms with E-state index in [4.69, 9.17) is 61.1 Å². The van der Waals surface area contributed by atoms with E-state index in [0.717, 1.165) is 30.3 Å². The van der Waals surface area contributed by atoms with Crippen LogP contribution in [0.3, 0.4) is 0 Å². The number of hydrogen-bond acceptors (Lipinski definition) is 7. The number of oxime groups is 2. The molecule has 0 saturated heterocycles. The lowest BCUT2D eigenvalue weighted by molar-refractivity contribution is -0.289. The number of alkyl halides is 8. The van der Waals surface area contributed by atoms with Crippen LogP contribution in [0.1, 0.15) is 74.9 Å². The molecule has 320 valence electrons. The molecule has 0 saturated carbocycles. The van der Waals surface area contributed by atoms with E-state index in [1.54, 1.807) is 27.7 Å². The van der Waals surface area contributed by atoms with E-state index in [2.05, 4.69) is 15.1 Å². The number of rotatable bonds is 6. The molecule has 0 aliphatic carbocycles. The molecular formula is C40H30Cl4F8N2O6. The summed E-state index contributed by atoms with van der Waals surface area (Å²) in [4.78, 5) is 32.8. The highest BCUT2D eigenvalue weighted by molar-refractivity contribution is 6.35. The number of ether oxygens (including phenoxy) is 1. The molecule has 0 radical (unpaired) electrons. The first-order valence-corrected chi connectivity index (χ1v) is 18.7. The number of benzene rings is 4. The minimum atomic E-state index is -5.19. The summed E-state index contributed by atoms with van der Waals surface area (Å²) in [5.41, 5.74) is -9.30. The molecule has 4 aromatic rings. The third-order valence-electron chi connectivity index (χ3n) is 9.09. The van der Waals surface area contributed by atoms with E-state index in [1.807, 2.05) is 0 Å². The van der Waals surface area contributed by atoms with E-state index in [1.165, 1.54) is 49.4 Å². The molecule has 0 aromatic heterocycles. The van der Waals surface area contributed by atoms with Crippen LogP contribution >= 0.6 is 46.4 Å². The molecule has 2 aliphatic heterocycles. The third kappa shape index (κ3) is 8.88. The van der Waals surface area contributed by atoms with Gasteiger partial charge in [-0.05, 0) is 106 Å². The van der Waals surface area contributed by atoms with E-state index in [0.29, 0.717) is 5.56 Å². The lowest BCUT2D eigenvalue weighted by Crippen LogP contribution is -2.50. The standard InChI is InChI=1S/C22H19Cl2F4NO3.C18H11Cl2F4NO3/c1-11-7-12(5-6-16(11)19(30)31-20(2,3)4)17-18(25)21(32-29-17,22(26,27)28)13-8-14(23)10-15(24)9-13;1-8-4-9(2-3-13(8)16(26)27)14-15(21)17(28-25-14,18(22,23)24)10-5-11(19)7-12(20)6-10/h5-10,18H,1-4H3;2-7,15H,1H3,(H,26,27). The van der Waals surface area contributed by atoms with Crippen molar-refractivity contribution in [3.05, 3.63) is 137 Å². The van der Waals surface area contributed by atoms with E-state index < -0.39 is 76.0 Å². The summed E-state index contributed by atoms with van der Waals surface area (Å²) in [5.74, 6) is -1.83. The van der Waals surface area contributed by atoms with Crippen molar-refractivity contribution in [2.75, 3.05) is 0 Å². The fraction of sp³-hybridized carbons (Fsp3) is 0.300. The van der Waals surface area contributed by atoms with Crippen molar-refractivity contribution < 1.29 is 64.2 Å². The van der Waals surface area contributed by atoms with Crippen LogP contribution in [0.15, 0.2) is 83.1 Å². The van der Waals surface area contributed by atoms with Crippen LogP contribution in [0, 0.1) is 13.8 Å². The fourth-order valence-electron chi connectivity index (χ4n) is 6.31. The zero-order valence-corrected chi connectivity index (χ0v) is 34.5. The number of hydrogen-bond donors (Lipinski definition) is 1. The van der Waals surface area contributed by atoms with Crippen molar-refractivity contribution in [1.82, 2.24) is 0 Å². The molecule has 0 spiro atoms. The van der Waals surface area contributed by atoms with Gasteiger partial charge in [0.2, 0.25) is 12.3 Å². The predicted octanol–water partition coefficient (Wildman–Crippen LogP) is 12.3. The third-order valence-corrected chi connectivity index (χ3v) is 9.96. The largest absolute Gasteiger partial charge is 0.478 e. The summed E-state index contributed by atoms with van der Waals surface area (Å²) in [6.45, 7) is 8.09. The summed E-state index contributed by atoms with van der Waals surface area (Å²) < 4.78 is 120. The van der Waals surface area contributed by atoms with Crippen LogP contribution in [0.25, 0.3) is 0 Å². The number of aryl methyl sites for hydroxylation is 2. The topological polar surface area (TPSA) is 107 Å². The minimum Gasteiger partial charge on any atom is -0.478 e. The highest BCUT2D eigenvalue weighted by Gasteiger charge is 2.70. The van der Waals surface area contributed by atoms with Gasteiger partial charge in [-0.2, -0.15) is 26.3 Å². The quantitative estimate of drug-likeness (QED) is 0.152. The molecule has 0 bridgehead atoms. The summed E-state index contributed by atoms with van der Waals surface area (Å²) in [6, 6.07) is 13.7. The minimum absolute atomic E-state index is 0.0292. The SMILES string of the molecule is Cc1cc(C2=NOC(c3cc(Cl)cc(Cl)c3)(C(F)(F)F)C2F)ccc1C(=O)O.Cc1cc(C2=NOC(c3cc(Cl)cc(Cl)c3)(C(F)(F)F)C2F)ccc1C(=O)OC(C)(C)C. The number of carbonyl (C=O) groups excluding carboxylic acids is 1. The van der Waals surface area contributed by atoms with Crippen molar-refractivity contribution in [2.24, 2.45) is 10.3 Å². The van der Waals surface area contributed by atoms with Crippen LogP contribution in [0.5, 0.6) is 0 Å². The van der Waals surface area contributed by atoms with Gasteiger partial charge in [-0.3, -0.25) is 0 Å². The Morgan fingerprint density at radius 3 is 1.28 bits per heavy atom. The Kier molecular flexibility index (Phi) is 12.9. The zero-order chi connectivity index (χ0) is 44.9. The average Bonchev–Trinajstić information content (AvgIpc) is 3.64. The Hall–Kier alpha value is -4.64. The molecule has 2 heterocycles. The van der Waals surface area contributed by atoms with Crippen molar-refractivity contribution in [1.29, 1.82) is 0 Å². The molecular weight excluding hydrogens is 898 g/mol. The fourth-order valence-corrected chi connectivity index (χ4v) is 7.36. The first kappa shape index (κ1) is 46.4. The molecule has 60 heavy (non-hydrogen) atoms. The number of halogens is 12. The molecule has 6 rings (SSSR count). The Morgan fingerprint density at radius 1 is 0.633 bits per heavy atom. The molecule has 4 unspecified atom stereocenters. The van der Waals surface area contributed by atoms with Gasteiger partial charge in [0.15, 0.2) is 0 Å². The van der Waals surface area contributed by atoms with Gasteiger partial charge in [-0.25, -0.2) is 18.4 Å². The van der Waals surface area contributed by atoms with Crippen LogP contribution in [-0.4, -0.2) is 58.8 Å². The zero-order valence-electron chi connectivity index (χ0n) is 31.5. The highest BCUT2D eigenvalue weighted by Crippen LogP contribution is 2.52. The molecule has 20 heteroatoms. The number of carboxylic acids is 1. The maximum atomic E-state index is 15.5. The van der Waals surface area contributed by atoms with Gasteiger partial charge < -0.3 is 19.5 Å². The van der Waals surface area contributed by atoms with Crippen molar-refractivity contribution in [3.8, 4) is 0 Å². The highest BCUT2D eigenvalue weighted by atomic mass is 35.5. The molecule has 0 amide bonds. The van der Waals surface area contributed by atoms with E-state index in [9.17, 15) is 35.9 Å². The molecule has 8 nitrogen and oxygen atoms in total. The van der Waals surface area contributed by atoms with Crippen molar-refractivity contribution in [2.45, 2.75) is 76.1 Å². The summed E-state index contributed by atoms with van der Waals surface area (Å²) in [5, 5.41) is 15.4. The van der Waals surface area contributed by atoms with Gasteiger partial charge in [0.1, 0.15) is 17.0 Å². The molecule has 1 N–H and O–H groups in total. The Morgan fingerprint density at radius 2 is 0.983 bits per heavy atom. The maximum Gasteiger partial charge on any atom is 0.438 e. The van der Waals surface area contributed by atoms with Crippen molar-refractivity contribution >= 4 is 69.8 Å². The van der Waals surface area contributed by atoms with E-state index in [-0.39, 0.29) is 47.9 Å². The summed E-state index contributed by atoms with van der Waals surface area (Å²) in [7, 11) is 0. The summed E-state index contributed by atoms with van der Waals surface area (Å²) >= 11 is 23.3. The maximum absolute atomic E-state index is 15.5. The number of carboxylic acid groups (broad SMARTS) is 1. The molecule has 2 aliphatic rings. The second-order valence-corrected chi connectivity index (χ2v) is 16.3. The molecule has 4 aromatic carbocycles. The second-order valence-electron chi connectivity index (χ2n) is 14.5. The van der Waals surface area contributed by atoms with Gasteiger partial charge in [0.05, 0.1) is 11.1 Å². The van der Waals surface area contributed by atoms with Gasteiger partial charge in [-0.15, -0.1) is 0 Å². The van der Waals surface area contributed by atoms with E-state index >= 15 is 8.78 Å². The van der Waals surface area contributed by atoms with Gasteiger partial charge in [0.25, 0.3) is 11.2 Å². The van der Waals surface area contributed by atoms with Gasteiger partial charge in [-0.1, -0.05) is 68.8 Å². The van der Waals surface area contributed by atoms with Crippen molar-refractivity contribution in [3.63, 3.8) is 0 Å². The normalized spacial score (nSPS) is 21.6. The average molecular weight is 928 g/mol. The van der Waals surface area contributed by atoms with Gasteiger partial charge >= 0.3 is 24.3 Å². The Labute approximate surface area is 356 Å². The van der Waals surface area contributed by atoms with Crippen LogP contribution in [0.2, 0.25) is 20.1 Å². The Bertz CT molecular complexity index is 2380. The first-order chi connectivity index (χ1) is 27.6. The monoisotopic (exact) mass is 926 g/mol. The van der Waals surface area contributed by atoms with Crippen LogP contribution < -0.4 is 0 Å². The molecule has 0 fully saturated rings. The summed E-state index contributed by atoms with van der Waals surface area (Å²) in [6.07, 6.45) is -15.8. The molecule has 4 atom stereocenters. The number of aromatic carboxylic acids is 1. The van der Waals surface area contributed by atoms with Crippen LogP contribution in [0.4, 0.5) is 35.1 Å². The Balaban J connectivity index is 0.000000230. The number of nitrogens with zero attached hydrogens (tertiary/aromatic N) is 2. The second kappa shape index (κ2) is 16.7. The predicted molar refractivity (Wildman–Crippen MR) is 208 cm³/mol.